The minimum Gasteiger partial charge on any atom is -0.309 e. The number of thiazole rings is 1. The van der Waals surface area contributed by atoms with Crippen LogP contribution in [-0.4, -0.2) is 22.0 Å². The zero-order valence-corrected chi connectivity index (χ0v) is 12.5. The first-order valence-corrected chi connectivity index (χ1v) is 7.73. The molecule has 0 fully saturated rings. The van der Waals surface area contributed by atoms with Gasteiger partial charge in [0.1, 0.15) is 0 Å². The quantitative estimate of drug-likeness (QED) is 0.846. The first-order chi connectivity index (χ1) is 7.43. The largest absolute Gasteiger partial charge is 0.309 e. The van der Waals surface area contributed by atoms with Crippen LogP contribution >= 0.6 is 23.1 Å². The molecule has 0 amide bonds. The lowest BCUT2D eigenvalue weighted by molar-refractivity contribution is 0.463. The molecule has 1 atom stereocenters. The van der Waals surface area contributed by atoms with Gasteiger partial charge in [-0.25, -0.2) is 4.98 Å². The minimum atomic E-state index is 0.352. The molecule has 1 N–H and O–H groups in total. The number of thioether (sulfide) groups is 1. The summed E-state index contributed by atoms with van der Waals surface area (Å²) in [6.45, 7) is 9.77. The number of hydrogen-bond donors (Lipinski definition) is 1. The standard InChI is InChI=1S/C12H22N2S2/c1-9(6-12(3,4)15-5)13-7-11-8-16-10(2)14-11/h8-9,13H,6-7H2,1-5H3. The highest BCUT2D eigenvalue weighted by atomic mass is 32.2. The minimum absolute atomic E-state index is 0.352. The van der Waals surface area contributed by atoms with Crippen LogP contribution in [0.3, 0.4) is 0 Å². The van der Waals surface area contributed by atoms with Crippen LogP contribution in [-0.2, 0) is 6.54 Å². The van der Waals surface area contributed by atoms with Crippen molar-refractivity contribution < 1.29 is 0 Å². The number of hydrogen-bond acceptors (Lipinski definition) is 4. The maximum atomic E-state index is 4.45. The molecular weight excluding hydrogens is 236 g/mol. The molecule has 0 saturated heterocycles. The number of nitrogens with zero attached hydrogens (tertiary/aromatic N) is 1. The van der Waals surface area contributed by atoms with Crippen LogP contribution in [0.4, 0.5) is 0 Å². The van der Waals surface area contributed by atoms with Crippen LogP contribution in [0.15, 0.2) is 5.38 Å². The van der Waals surface area contributed by atoms with E-state index < -0.39 is 0 Å². The lowest BCUT2D eigenvalue weighted by Gasteiger charge is -2.26. The lowest BCUT2D eigenvalue weighted by atomic mass is 10.0. The average molecular weight is 258 g/mol. The van der Waals surface area contributed by atoms with E-state index in [4.69, 9.17) is 0 Å². The molecule has 0 saturated carbocycles. The van der Waals surface area contributed by atoms with E-state index in [2.05, 4.69) is 49.6 Å². The Kier molecular flexibility index (Phi) is 5.28. The van der Waals surface area contributed by atoms with Crippen LogP contribution in [0.25, 0.3) is 0 Å². The number of aromatic nitrogens is 1. The van der Waals surface area contributed by atoms with Gasteiger partial charge in [-0.2, -0.15) is 11.8 Å². The van der Waals surface area contributed by atoms with Gasteiger partial charge in [0.15, 0.2) is 0 Å². The van der Waals surface area contributed by atoms with Gasteiger partial charge in [-0.1, -0.05) is 13.8 Å². The molecule has 1 rings (SSSR count). The Bertz CT molecular complexity index is 321. The lowest BCUT2D eigenvalue weighted by Crippen LogP contribution is -2.32. The van der Waals surface area contributed by atoms with Crippen molar-refractivity contribution in [1.82, 2.24) is 10.3 Å². The fourth-order valence-electron chi connectivity index (χ4n) is 1.66. The monoisotopic (exact) mass is 258 g/mol. The molecule has 0 radical (unpaired) electrons. The Morgan fingerprint density at radius 3 is 2.75 bits per heavy atom. The van der Waals surface area contributed by atoms with Crippen molar-refractivity contribution in [2.24, 2.45) is 0 Å². The number of nitrogens with one attached hydrogen (secondary N) is 1. The highest BCUT2D eigenvalue weighted by molar-refractivity contribution is 7.99. The predicted molar refractivity (Wildman–Crippen MR) is 75.4 cm³/mol. The van der Waals surface area contributed by atoms with Gasteiger partial charge in [0, 0.05) is 22.7 Å². The Labute approximate surface area is 107 Å². The Morgan fingerprint density at radius 1 is 1.56 bits per heavy atom. The zero-order valence-electron chi connectivity index (χ0n) is 10.8. The third kappa shape index (κ3) is 4.85. The molecule has 4 heteroatoms. The molecule has 1 aromatic heterocycles. The van der Waals surface area contributed by atoms with E-state index in [0.29, 0.717) is 10.8 Å². The summed E-state index contributed by atoms with van der Waals surface area (Å²) in [5, 5.41) is 6.81. The van der Waals surface area contributed by atoms with Gasteiger partial charge in [0.05, 0.1) is 10.7 Å². The summed E-state index contributed by atoms with van der Waals surface area (Å²) >= 11 is 3.65. The zero-order chi connectivity index (χ0) is 12.2. The van der Waals surface area contributed by atoms with Crippen LogP contribution in [0.5, 0.6) is 0 Å². The summed E-state index contributed by atoms with van der Waals surface area (Å²) < 4.78 is 0.352. The molecular formula is C12H22N2S2. The summed E-state index contributed by atoms with van der Waals surface area (Å²) in [4.78, 5) is 4.45. The van der Waals surface area contributed by atoms with E-state index >= 15 is 0 Å². The molecule has 16 heavy (non-hydrogen) atoms. The normalized spacial score (nSPS) is 14.1. The fourth-order valence-corrected chi connectivity index (χ4v) is 2.69. The molecule has 0 spiro atoms. The molecule has 0 bridgehead atoms. The molecule has 1 unspecified atom stereocenters. The van der Waals surface area contributed by atoms with Crippen molar-refractivity contribution in [2.75, 3.05) is 6.26 Å². The first-order valence-electron chi connectivity index (χ1n) is 5.62. The average Bonchev–Trinajstić information content (AvgIpc) is 2.61. The highest BCUT2D eigenvalue weighted by Gasteiger charge is 2.19. The molecule has 92 valence electrons. The van der Waals surface area contributed by atoms with E-state index in [0.717, 1.165) is 17.2 Å². The second kappa shape index (κ2) is 6.03. The number of rotatable bonds is 6. The molecule has 0 aromatic carbocycles. The smallest absolute Gasteiger partial charge is 0.0897 e. The summed E-state index contributed by atoms with van der Waals surface area (Å²) in [5.41, 5.74) is 1.16. The second-order valence-corrected chi connectivity index (χ2v) is 7.38. The van der Waals surface area contributed by atoms with E-state index in [1.54, 1.807) is 11.3 Å². The van der Waals surface area contributed by atoms with Gasteiger partial charge < -0.3 is 5.32 Å². The van der Waals surface area contributed by atoms with E-state index in [9.17, 15) is 0 Å². The molecule has 1 heterocycles. The molecule has 2 nitrogen and oxygen atoms in total. The molecule has 1 aromatic rings. The fraction of sp³-hybridized carbons (Fsp3) is 0.750. The third-order valence-corrected chi connectivity index (χ3v) is 4.74. The van der Waals surface area contributed by atoms with Gasteiger partial charge in [0.25, 0.3) is 0 Å². The van der Waals surface area contributed by atoms with Crippen molar-refractivity contribution >= 4 is 23.1 Å². The topological polar surface area (TPSA) is 24.9 Å². The van der Waals surface area contributed by atoms with Crippen molar-refractivity contribution in [3.05, 3.63) is 16.1 Å². The third-order valence-electron chi connectivity index (χ3n) is 2.65. The SMILES string of the molecule is CSC(C)(C)CC(C)NCc1csc(C)n1. The maximum absolute atomic E-state index is 4.45. The van der Waals surface area contributed by atoms with Gasteiger partial charge in [-0.15, -0.1) is 11.3 Å². The summed E-state index contributed by atoms with van der Waals surface area (Å²) in [5.74, 6) is 0. The van der Waals surface area contributed by atoms with E-state index in [-0.39, 0.29) is 0 Å². The van der Waals surface area contributed by atoms with Gasteiger partial charge in [-0.3, -0.25) is 0 Å². The summed E-state index contributed by atoms with van der Waals surface area (Å²) in [6, 6.07) is 0.532. The van der Waals surface area contributed by atoms with Crippen LogP contribution in [0, 0.1) is 6.92 Å². The Hall–Kier alpha value is -0.0600. The second-order valence-electron chi connectivity index (χ2n) is 4.81. The van der Waals surface area contributed by atoms with Crippen molar-refractivity contribution in [1.29, 1.82) is 0 Å². The summed E-state index contributed by atoms with van der Waals surface area (Å²) in [6.07, 6.45) is 3.35. The van der Waals surface area contributed by atoms with Crippen LogP contribution in [0.2, 0.25) is 0 Å². The Balaban J connectivity index is 2.33. The molecule has 0 aliphatic rings. The highest BCUT2D eigenvalue weighted by Crippen LogP contribution is 2.26. The van der Waals surface area contributed by atoms with Gasteiger partial charge in [0.2, 0.25) is 0 Å². The predicted octanol–water partition coefficient (Wildman–Crippen LogP) is 3.46. The van der Waals surface area contributed by atoms with Gasteiger partial charge in [-0.05, 0) is 26.5 Å². The number of aryl methyl sites for hydroxylation is 1. The summed E-state index contributed by atoms with van der Waals surface area (Å²) in [7, 11) is 0. The van der Waals surface area contributed by atoms with Crippen molar-refractivity contribution in [2.45, 2.75) is 51.4 Å². The molecule has 0 aliphatic carbocycles. The first kappa shape index (κ1) is 14.0. The van der Waals surface area contributed by atoms with Crippen molar-refractivity contribution in [3.63, 3.8) is 0 Å². The maximum Gasteiger partial charge on any atom is 0.0897 e. The van der Waals surface area contributed by atoms with Gasteiger partial charge >= 0.3 is 0 Å². The van der Waals surface area contributed by atoms with Crippen LogP contribution in [0.1, 0.15) is 37.9 Å². The van der Waals surface area contributed by atoms with Crippen LogP contribution < -0.4 is 5.32 Å². The Morgan fingerprint density at radius 2 is 2.25 bits per heavy atom. The molecule has 0 aliphatic heterocycles. The van der Waals surface area contributed by atoms with Crippen molar-refractivity contribution in [3.8, 4) is 0 Å². The van der Waals surface area contributed by atoms with E-state index in [1.807, 2.05) is 11.8 Å². The van der Waals surface area contributed by atoms with E-state index in [1.165, 1.54) is 6.42 Å².